The molecule has 0 amide bonds. The van der Waals surface area contributed by atoms with Gasteiger partial charge in [-0.25, -0.2) is 0 Å². The summed E-state index contributed by atoms with van der Waals surface area (Å²) >= 11 is 5.80. The van der Waals surface area contributed by atoms with E-state index in [1.54, 1.807) is 6.08 Å². The lowest BCUT2D eigenvalue weighted by Crippen LogP contribution is -2.40. The highest BCUT2D eigenvalue weighted by Gasteiger charge is 2.14. The molecule has 68 valence electrons. The van der Waals surface area contributed by atoms with Crippen LogP contribution < -0.4 is 0 Å². The predicted molar refractivity (Wildman–Crippen MR) is 49.7 cm³/mol. The van der Waals surface area contributed by atoms with Crippen LogP contribution in [0, 0.1) is 5.41 Å². The van der Waals surface area contributed by atoms with Crippen LogP contribution in [0.4, 0.5) is 0 Å². The Bertz CT molecular complexity index is 197. The van der Waals surface area contributed by atoms with Crippen LogP contribution in [0.3, 0.4) is 0 Å². The highest BCUT2D eigenvalue weighted by Crippen LogP contribution is 2.08. The van der Waals surface area contributed by atoms with Crippen LogP contribution in [0.25, 0.3) is 0 Å². The molecule has 1 heterocycles. The van der Waals surface area contributed by atoms with E-state index in [4.69, 9.17) is 21.7 Å². The third-order valence-electron chi connectivity index (χ3n) is 1.81. The number of amidine groups is 1. The summed E-state index contributed by atoms with van der Waals surface area (Å²) in [7, 11) is 0. The Morgan fingerprint density at radius 2 is 2.08 bits per heavy atom. The van der Waals surface area contributed by atoms with Gasteiger partial charge in [-0.15, -0.1) is 0 Å². The van der Waals surface area contributed by atoms with Crippen LogP contribution in [0.5, 0.6) is 0 Å². The quantitative estimate of drug-likeness (QED) is 0.500. The lowest BCUT2D eigenvalue weighted by molar-refractivity contribution is 0.0680. The standard InChI is InChI=1S/C8H13ClN2O/c1-2-7(9)8(10)11-3-5-12-6-4-11/h2,10H,3-6H2,1H3/b7-2+,10-8?. The van der Waals surface area contributed by atoms with Crippen LogP contribution >= 0.6 is 11.6 Å². The minimum atomic E-state index is 0.405. The summed E-state index contributed by atoms with van der Waals surface area (Å²) < 4.78 is 5.16. The number of morpholine rings is 1. The number of nitrogens with one attached hydrogen (secondary N) is 1. The van der Waals surface area contributed by atoms with E-state index >= 15 is 0 Å². The maximum Gasteiger partial charge on any atom is 0.139 e. The van der Waals surface area contributed by atoms with E-state index in [1.807, 2.05) is 11.8 Å². The summed E-state index contributed by atoms with van der Waals surface area (Å²) in [5.74, 6) is 0.405. The zero-order chi connectivity index (χ0) is 8.97. The molecule has 0 aliphatic carbocycles. The minimum absolute atomic E-state index is 0.405. The zero-order valence-corrected chi connectivity index (χ0v) is 7.90. The van der Waals surface area contributed by atoms with Gasteiger partial charge in [-0.1, -0.05) is 17.7 Å². The molecule has 0 aromatic rings. The Hall–Kier alpha value is -0.540. The van der Waals surface area contributed by atoms with Gasteiger partial charge in [0.15, 0.2) is 0 Å². The normalized spacial score (nSPS) is 19.5. The van der Waals surface area contributed by atoms with Crippen molar-refractivity contribution in [3.05, 3.63) is 11.1 Å². The number of allylic oxidation sites excluding steroid dienone is 1. The van der Waals surface area contributed by atoms with Gasteiger partial charge in [0.25, 0.3) is 0 Å². The maximum absolute atomic E-state index is 7.66. The lowest BCUT2D eigenvalue weighted by atomic mass is 10.3. The fourth-order valence-corrected chi connectivity index (χ4v) is 1.19. The molecule has 1 aliphatic rings. The van der Waals surface area contributed by atoms with E-state index in [2.05, 4.69) is 0 Å². The van der Waals surface area contributed by atoms with E-state index in [0.29, 0.717) is 24.1 Å². The minimum Gasteiger partial charge on any atom is -0.378 e. The molecule has 0 spiro atoms. The third-order valence-corrected chi connectivity index (χ3v) is 2.20. The Kier molecular flexibility index (Phi) is 3.56. The molecule has 1 rings (SSSR count). The molecule has 0 saturated carbocycles. The predicted octanol–water partition coefficient (Wildman–Crippen LogP) is 1.44. The molecule has 1 N–H and O–H groups in total. The second kappa shape index (κ2) is 4.48. The van der Waals surface area contributed by atoms with Crippen molar-refractivity contribution in [1.82, 2.24) is 4.90 Å². The van der Waals surface area contributed by atoms with Crippen molar-refractivity contribution in [3.63, 3.8) is 0 Å². The second-order valence-electron chi connectivity index (χ2n) is 2.58. The van der Waals surface area contributed by atoms with Gasteiger partial charge in [-0.05, 0) is 6.92 Å². The first kappa shape index (κ1) is 9.55. The topological polar surface area (TPSA) is 36.3 Å². The van der Waals surface area contributed by atoms with Crippen molar-refractivity contribution in [3.8, 4) is 0 Å². The Balaban J connectivity index is 2.51. The van der Waals surface area contributed by atoms with E-state index in [9.17, 15) is 0 Å². The number of hydrogen-bond donors (Lipinski definition) is 1. The van der Waals surface area contributed by atoms with Gasteiger partial charge in [-0.3, -0.25) is 5.41 Å². The van der Waals surface area contributed by atoms with Crippen molar-refractivity contribution < 1.29 is 4.74 Å². The summed E-state index contributed by atoms with van der Waals surface area (Å²) in [6.45, 7) is 4.75. The van der Waals surface area contributed by atoms with Gasteiger partial charge < -0.3 is 9.64 Å². The van der Waals surface area contributed by atoms with Crippen molar-refractivity contribution in [2.45, 2.75) is 6.92 Å². The second-order valence-corrected chi connectivity index (χ2v) is 2.99. The number of rotatable bonds is 1. The number of ether oxygens (including phenoxy) is 1. The molecule has 0 aromatic heterocycles. The maximum atomic E-state index is 7.66. The smallest absolute Gasteiger partial charge is 0.139 e. The highest BCUT2D eigenvalue weighted by atomic mass is 35.5. The Labute approximate surface area is 77.5 Å². The van der Waals surface area contributed by atoms with E-state index in [1.165, 1.54) is 0 Å². The average molecular weight is 189 g/mol. The van der Waals surface area contributed by atoms with Gasteiger partial charge >= 0.3 is 0 Å². The molecule has 0 radical (unpaired) electrons. The molecular weight excluding hydrogens is 176 g/mol. The first-order valence-electron chi connectivity index (χ1n) is 3.99. The van der Waals surface area contributed by atoms with Crippen LogP contribution in [0.2, 0.25) is 0 Å². The Morgan fingerprint density at radius 3 is 2.58 bits per heavy atom. The van der Waals surface area contributed by atoms with Gasteiger partial charge in [-0.2, -0.15) is 0 Å². The van der Waals surface area contributed by atoms with Crippen LogP contribution in [-0.4, -0.2) is 37.0 Å². The Morgan fingerprint density at radius 1 is 1.50 bits per heavy atom. The van der Waals surface area contributed by atoms with Gasteiger partial charge in [0.2, 0.25) is 0 Å². The molecular formula is C8H13ClN2O. The molecule has 3 nitrogen and oxygen atoms in total. The van der Waals surface area contributed by atoms with Gasteiger partial charge in [0, 0.05) is 13.1 Å². The van der Waals surface area contributed by atoms with E-state index in [-0.39, 0.29) is 0 Å². The molecule has 0 unspecified atom stereocenters. The largest absolute Gasteiger partial charge is 0.378 e. The third kappa shape index (κ3) is 2.22. The summed E-state index contributed by atoms with van der Waals surface area (Å²) in [6, 6.07) is 0. The first-order valence-corrected chi connectivity index (χ1v) is 4.37. The molecule has 1 aliphatic heterocycles. The number of nitrogens with zero attached hydrogens (tertiary/aromatic N) is 1. The van der Waals surface area contributed by atoms with Gasteiger partial charge in [0.05, 0.1) is 18.2 Å². The first-order chi connectivity index (χ1) is 5.75. The molecule has 0 bridgehead atoms. The highest BCUT2D eigenvalue weighted by molar-refractivity contribution is 6.42. The van der Waals surface area contributed by atoms with Crippen LogP contribution in [0.15, 0.2) is 11.1 Å². The molecule has 1 saturated heterocycles. The molecule has 1 fully saturated rings. The summed E-state index contributed by atoms with van der Waals surface area (Å²) in [5, 5.41) is 8.17. The monoisotopic (exact) mass is 188 g/mol. The van der Waals surface area contributed by atoms with Crippen molar-refractivity contribution >= 4 is 17.4 Å². The van der Waals surface area contributed by atoms with E-state index in [0.717, 1.165) is 13.1 Å². The van der Waals surface area contributed by atoms with Gasteiger partial charge in [0.1, 0.15) is 5.84 Å². The number of hydrogen-bond acceptors (Lipinski definition) is 2. The summed E-state index contributed by atoms with van der Waals surface area (Å²) in [5.41, 5.74) is 0. The molecule has 12 heavy (non-hydrogen) atoms. The number of halogens is 1. The fraction of sp³-hybridized carbons (Fsp3) is 0.625. The van der Waals surface area contributed by atoms with Crippen LogP contribution in [-0.2, 0) is 4.74 Å². The SMILES string of the molecule is C/C=C(/Cl)C(=N)N1CCOCC1. The van der Waals surface area contributed by atoms with Crippen molar-refractivity contribution in [2.75, 3.05) is 26.3 Å². The van der Waals surface area contributed by atoms with Crippen molar-refractivity contribution in [1.29, 1.82) is 5.41 Å². The molecule has 0 atom stereocenters. The summed E-state index contributed by atoms with van der Waals surface area (Å²) in [6.07, 6.45) is 1.74. The average Bonchev–Trinajstić information content (AvgIpc) is 2.17. The fourth-order valence-electron chi connectivity index (χ4n) is 1.07. The molecule has 4 heteroatoms. The van der Waals surface area contributed by atoms with E-state index < -0.39 is 0 Å². The van der Waals surface area contributed by atoms with Crippen LogP contribution in [0.1, 0.15) is 6.92 Å². The summed E-state index contributed by atoms with van der Waals surface area (Å²) in [4.78, 5) is 1.92. The zero-order valence-electron chi connectivity index (χ0n) is 7.14. The van der Waals surface area contributed by atoms with Crippen molar-refractivity contribution in [2.24, 2.45) is 0 Å². The lowest BCUT2D eigenvalue weighted by Gasteiger charge is -2.28. The molecule has 0 aromatic carbocycles.